The van der Waals surface area contributed by atoms with Crippen LogP contribution in [0.25, 0.3) is 0 Å². The number of carbonyl (C=O) groups excluding carboxylic acids is 1. The first-order valence-electron chi connectivity index (χ1n) is 8.22. The molecule has 0 unspecified atom stereocenters. The van der Waals surface area contributed by atoms with E-state index in [0.29, 0.717) is 37.7 Å². The molecule has 1 fully saturated rings. The number of amides is 1. The molecule has 1 aromatic rings. The molecule has 2 rings (SSSR count). The molecule has 1 saturated heterocycles. The molecule has 0 saturated carbocycles. The zero-order valence-electron chi connectivity index (χ0n) is 14.4. The van der Waals surface area contributed by atoms with Gasteiger partial charge in [-0.1, -0.05) is 12.1 Å². The van der Waals surface area contributed by atoms with Crippen LogP contribution >= 0.6 is 24.8 Å². The molecule has 0 bridgehead atoms. The molecular formula is C17H26Cl2F3N3O. The van der Waals surface area contributed by atoms with Gasteiger partial charge in [-0.2, -0.15) is 13.2 Å². The number of anilines is 1. The number of alkyl halides is 3. The number of nitrogens with one attached hydrogen (secondary N) is 1. The number of nitrogens with zero attached hydrogens (tertiary/aromatic N) is 1. The van der Waals surface area contributed by atoms with Crippen LogP contribution in [0.1, 0.15) is 24.8 Å². The molecule has 0 atom stereocenters. The highest BCUT2D eigenvalue weighted by atomic mass is 35.5. The van der Waals surface area contributed by atoms with Gasteiger partial charge in [-0.05, 0) is 56.0 Å². The third-order valence-electron chi connectivity index (χ3n) is 4.33. The van der Waals surface area contributed by atoms with Gasteiger partial charge in [-0.25, -0.2) is 0 Å². The molecule has 26 heavy (non-hydrogen) atoms. The van der Waals surface area contributed by atoms with Crippen molar-refractivity contribution in [1.82, 2.24) is 10.2 Å². The van der Waals surface area contributed by atoms with Crippen molar-refractivity contribution in [3.05, 3.63) is 29.8 Å². The first-order valence-corrected chi connectivity index (χ1v) is 8.22. The summed E-state index contributed by atoms with van der Waals surface area (Å²) in [5.41, 5.74) is 7.17. The number of halogens is 5. The van der Waals surface area contributed by atoms with Gasteiger partial charge in [0.15, 0.2) is 0 Å². The maximum atomic E-state index is 12.3. The SMILES string of the molecule is Cl.Cl.Nc1ccc(CC(=O)NCCC2CCN(CC(F)(F)F)CC2)cc1. The zero-order valence-corrected chi connectivity index (χ0v) is 16.1. The topological polar surface area (TPSA) is 58.4 Å². The Kier molecular flexibility index (Phi) is 11.0. The largest absolute Gasteiger partial charge is 0.401 e. The van der Waals surface area contributed by atoms with E-state index < -0.39 is 12.7 Å². The fraction of sp³-hybridized carbons (Fsp3) is 0.588. The van der Waals surface area contributed by atoms with Crippen LogP contribution in [0.5, 0.6) is 0 Å². The molecule has 150 valence electrons. The van der Waals surface area contributed by atoms with E-state index in [-0.39, 0.29) is 30.7 Å². The predicted octanol–water partition coefficient (Wildman–Crippen LogP) is 3.44. The van der Waals surface area contributed by atoms with Crippen molar-refractivity contribution in [3.63, 3.8) is 0 Å². The molecule has 0 aliphatic carbocycles. The van der Waals surface area contributed by atoms with E-state index in [2.05, 4.69) is 5.32 Å². The average molecular weight is 416 g/mol. The summed E-state index contributed by atoms with van der Waals surface area (Å²) < 4.78 is 37.0. The predicted molar refractivity (Wildman–Crippen MR) is 102 cm³/mol. The third-order valence-corrected chi connectivity index (χ3v) is 4.33. The molecule has 1 heterocycles. The minimum Gasteiger partial charge on any atom is -0.399 e. The normalized spacial score (nSPS) is 15.7. The van der Waals surface area contributed by atoms with Gasteiger partial charge < -0.3 is 11.1 Å². The number of nitrogens with two attached hydrogens (primary N) is 1. The van der Waals surface area contributed by atoms with Crippen molar-refractivity contribution >= 4 is 36.4 Å². The fourth-order valence-electron chi connectivity index (χ4n) is 2.99. The second-order valence-corrected chi connectivity index (χ2v) is 6.39. The summed E-state index contributed by atoms with van der Waals surface area (Å²) in [6.07, 6.45) is -1.49. The standard InChI is InChI=1S/C17H24F3N3O.2ClH/c18-17(19,20)12-23-9-6-13(7-10-23)5-8-22-16(24)11-14-1-3-15(21)4-2-14;;/h1-4,13H,5-12,21H2,(H,22,24);2*1H. The summed E-state index contributed by atoms with van der Waals surface area (Å²) in [6.45, 7) is 0.697. The molecule has 0 aromatic heterocycles. The lowest BCUT2D eigenvalue weighted by Crippen LogP contribution is -2.40. The van der Waals surface area contributed by atoms with E-state index in [1.165, 1.54) is 4.90 Å². The summed E-state index contributed by atoms with van der Waals surface area (Å²) in [6, 6.07) is 7.17. The second-order valence-electron chi connectivity index (χ2n) is 6.39. The Balaban J connectivity index is 0.00000312. The Bertz CT molecular complexity index is 533. The molecule has 0 radical (unpaired) electrons. The Hall–Kier alpha value is -1.18. The molecule has 1 aliphatic rings. The number of rotatable bonds is 6. The van der Waals surface area contributed by atoms with E-state index in [1.807, 2.05) is 12.1 Å². The van der Waals surface area contributed by atoms with E-state index in [9.17, 15) is 18.0 Å². The second kappa shape index (κ2) is 11.5. The number of nitrogen functional groups attached to an aromatic ring is 1. The summed E-state index contributed by atoms with van der Waals surface area (Å²) in [5, 5.41) is 2.88. The monoisotopic (exact) mass is 415 g/mol. The summed E-state index contributed by atoms with van der Waals surface area (Å²) in [5.74, 6) is 0.334. The van der Waals surface area contributed by atoms with E-state index in [1.54, 1.807) is 12.1 Å². The molecule has 1 amide bonds. The quantitative estimate of drug-likeness (QED) is 0.699. The van der Waals surface area contributed by atoms with Gasteiger partial charge in [0.05, 0.1) is 13.0 Å². The number of likely N-dealkylation sites (tertiary alicyclic amines) is 1. The summed E-state index contributed by atoms with van der Waals surface area (Å²) >= 11 is 0. The number of carbonyl (C=O) groups is 1. The molecule has 4 nitrogen and oxygen atoms in total. The lowest BCUT2D eigenvalue weighted by Gasteiger charge is -2.32. The van der Waals surface area contributed by atoms with Crippen molar-refractivity contribution in [1.29, 1.82) is 0 Å². The Morgan fingerprint density at radius 1 is 1.15 bits per heavy atom. The molecule has 3 N–H and O–H groups in total. The Labute approximate surface area is 164 Å². The number of piperidine rings is 1. The molecular weight excluding hydrogens is 390 g/mol. The van der Waals surface area contributed by atoms with Crippen molar-refractivity contribution in [2.45, 2.75) is 31.9 Å². The van der Waals surface area contributed by atoms with Crippen LogP contribution in [0.4, 0.5) is 18.9 Å². The van der Waals surface area contributed by atoms with Crippen molar-refractivity contribution in [2.75, 3.05) is 31.9 Å². The van der Waals surface area contributed by atoms with Gasteiger partial charge in [0.25, 0.3) is 0 Å². The van der Waals surface area contributed by atoms with Crippen LogP contribution in [0.2, 0.25) is 0 Å². The zero-order chi connectivity index (χ0) is 17.6. The lowest BCUT2D eigenvalue weighted by atomic mass is 9.93. The van der Waals surface area contributed by atoms with Gasteiger partial charge in [0.2, 0.25) is 5.91 Å². The molecule has 9 heteroatoms. The van der Waals surface area contributed by atoms with E-state index >= 15 is 0 Å². The fourth-order valence-corrected chi connectivity index (χ4v) is 2.99. The third kappa shape index (κ3) is 9.50. The van der Waals surface area contributed by atoms with Crippen LogP contribution in [-0.2, 0) is 11.2 Å². The summed E-state index contributed by atoms with van der Waals surface area (Å²) in [4.78, 5) is 13.3. The van der Waals surface area contributed by atoms with Gasteiger partial charge >= 0.3 is 6.18 Å². The molecule has 1 aliphatic heterocycles. The van der Waals surface area contributed by atoms with Crippen molar-refractivity contribution in [3.8, 4) is 0 Å². The number of hydrogen-bond donors (Lipinski definition) is 2. The highest BCUT2D eigenvalue weighted by Crippen LogP contribution is 2.23. The van der Waals surface area contributed by atoms with Crippen LogP contribution in [0, 0.1) is 5.92 Å². The molecule has 1 aromatic carbocycles. The summed E-state index contributed by atoms with van der Waals surface area (Å²) in [7, 11) is 0. The van der Waals surface area contributed by atoms with Gasteiger partial charge in [-0.15, -0.1) is 24.8 Å². The first-order chi connectivity index (χ1) is 11.3. The van der Waals surface area contributed by atoms with Gasteiger partial charge in [0, 0.05) is 12.2 Å². The van der Waals surface area contributed by atoms with Crippen LogP contribution < -0.4 is 11.1 Å². The van der Waals surface area contributed by atoms with Gasteiger partial charge in [-0.3, -0.25) is 9.69 Å². The first kappa shape index (κ1) is 24.8. The highest BCUT2D eigenvalue weighted by molar-refractivity contribution is 5.85. The van der Waals surface area contributed by atoms with Crippen molar-refractivity contribution < 1.29 is 18.0 Å². The lowest BCUT2D eigenvalue weighted by molar-refractivity contribution is -0.148. The van der Waals surface area contributed by atoms with Crippen LogP contribution in [0.15, 0.2) is 24.3 Å². The Morgan fingerprint density at radius 2 is 1.73 bits per heavy atom. The Morgan fingerprint density at radius 3 is 2.27 bits per heavy atom. The maximum absolute atomic E-state index is 12.3. The minimum atomic E-state index is -4.12. The van der Waals surface area contributed by atoms with Gasteiger partial charge in [0.1, 0.15) is 0 Å². The molecule has 0 spiro atoms. The number of benzene rings is 1. The van der Waals surface area contributed by atoms with E-state index in [0.717, 1.165) is 24.8 Å². The smallest absolute Gasteiger partial charge is 0.399 e. The van der Waals surface area contributed by atoms with Crippen molar-refractivity contribution in [2.24, 2.45) is 5.92 Å². The highest BCUT2D eigenvalue weighted by Gasteiger charge is 2.32. The van der Waals surface area contributed by atoms with E-state index in [4.69, 9.17) is 5.73 Å². The maximum Gasteiger partial charge on any atom is 0.401 e. The minimum absolute atomic E-state index is 0. The number of hydrogen-bond acceptors (Lipinski definition) is 3. The van der Waals surface area contributed by atoms with Crippen LogP contribution in [0.3, 0.4) is 0 Å². The van der Waals surface area contributed by atoms with Crippen LogP contribution in [-0.4, -0.2) is 43.2 Å². The average Bonchev–Trinajstić information content (AvgIpc) is 2.50.